The van der Waals surface area contributed by atoms with Crippen LogP contribution in [-0.4, -0.2) is 21.1 Å². The Hall–Kier alpha value is -2.08. The van der Waals surface area contributed by atoms with E-state index in [1.54, 1.807) is 30.4 Å². The molecule has 1 amide bonds. The highest BCUT2D eigenvalue weighted by Crippen LogP contribution is 2.09. The standard InChI is InChI=1S/C14H17NO4S/c1-3-4-5-6-11-19-14(16)15-20(17,18)13-9-7-12(2)8-10-13/h3-10H,11H2,1-2H3,(H,15,16)/b4-3+,6-5+. The van der Waals surface area contributed by atoms with Gasteiger partial charge in [-0.2, -0.15) is 0 Å². The first-order valence-electron chi connectivity index (χ1n) is 6.00. The van der Waals surface area contributed by atoms with Crippen molar-refractivity contribution in [2.75, 3.05) is 6.61 Å². The molecule has 0 radical (unpaired) electrons. The van der Waals surface area contributed by atoms with E-state index in [9.17, 15) is 13.2 Å². The molecule has 6 heteroatoms. The quantitative estimate of drug-likeness (QED) is 0.847. The van der Waals surface area contributed by atoms with Gasteiger partial charge in [-0.3, -0.25) is 0 Å². The van der Waals surface area contributed by atoms with Crippen LogP contribution < -0.4 is 4.72 Å². The van der Waals surface area contributed by atoms with Crippen molar-refractivity contribution in [2.24, 2.45) is 0 Å². The molecule has 0 aliphatic heterocycles. The molecule has 1 N–H and O–H groups in total. The van der Waals surface area contributed by atoms with Gasteiger partial charge in [-0.05, 0) is 32.1 Å². The lowest BCUT2D eigenvalue weighted by Crippen LogP contribution is -2.31. The number of ether oxygens (including phenoxy) is 1. The molecule has 0 aromatic heterocycles. The van der Waals surface area contributed by atoms with Crippen molar-refractivity contribution in [3.05, 3.63) is 54.1 Å². The topological polar surface area (TPSA) is 72.5 Å². The molecule has 0 unspecified atom stereocenters. The van der Waals surface area contributed by atoms with Crippen molar-refractivity contribution in [1.82, 2.24) is 4.72 Å². The highest BCUT2D eigenvalue weighted by atomic mass is 32.2. The second kappa shape index (κ2) is 7.49. The predicted octanol–water partition coefficient (Wildman–Crippen LogP) is 2.54. The number of carbonyl (C=O) groups excluding carboxylic acids is 1. The molecular formula is C14H17NO4S. The van der Waals surface area contributed by atoms with Gasteiger partial charge in [0, 0.05) is 0 Å². The fourth-order valence-electron chi connectivity index (χ4n) is 1.28. The van der Waals surface area contributed by atoms with E-state index in [-0.39, 0.29) is 11.5 Å². The summed E-state index contributed by atoms with van der Waals surface area (Å²) >= 11 is 0. The van der Waals surface area contributed by atoms with Crippen LogP contribution in [0.1, 0.15) is 12.5 Å². The molecule has 1 rings (SSSR count). The van der Waals surface area contributed by atoms with Crippen LogP contribution in [0.2, 0.25) is 0 Å². The molecule has 0 saturated heterocycles. The van der Waals surface area contributed by atoms with Gasteiger partial charge in [0.15, 0.2) is 0 Å². The van der Waals surface area contributed by atoms with Gasteiger partial charge >= 0.3 is 6.09 Å². The first-order chi connectivity index (χ1) is 9.45. The van der Waals surface area contributed by atoms with E-state index in [4.69, 9.17) is 4.74 Å². The van der Waals surface area contributed by atoms with Gasteiger partial charge < -0.3 is 4.74 Å². The summed E-state index contributed by atoms with van der Waals surface area (Å²) in [5, 5.41) is 0. The lowest BCUT2D eigenvalue weighted by atomic mass is 10.2. The van der Waals surface area contributed by atoms with Crippen LogP contribution in [0.25, 0.3) is 0 Å². The second-order valence-corrected chi connectivity index (χ2v) is 5.65. The minimum Gasteiger partial charge on any atom is -0.445 e. The number of aryl methyl sites for hydroxylation is 1. The van der Waals surface area contributed by atoms with Crippen LogP contribution >= 0.6 is 0 Å². The number of nitrogens with one attached hydrogen (secondary N) is 1. The number of allylic oxidation sites excluding steroid dienone is 3. The largest absolute Gasteiger partial charge is 0.445 e. The monoisotopic (exact) mass is 295 g/mol. The zero-order chi connectivity index (χ0) is 15.0. The molecule has 108 valence electrons. The lowest BCUT2D eigenvalue weighted by Gasteiger charge is -2.06. The van der Waals surface area contributed by atoms with Crippen LogP contribution in [0.5, 0.6) is 0 Å². The zero-order valence-electron chi connectivity index (χ0n) is 11.4. The van der Waals surface area contributed by atoms with Gasteiger partial charge in [-0.1, -0.05) is 35.9 Å². The SMILES string of the molecule is C/C=C/C=C/COC(=O)NS(=O)(=O)c1ccc(C)cc1. The van der Waals surface area contributed by atoms with E-state index in [1.807, 2.05) is 24.6 Å². The van der Waals surface area contributed by atoms with Crippen molar-refractivity contribution in [3.8, 4) is 0 Å². The Kier molecular flexibility index (Phi) is 5.99. The van der Waals surface area contributed by atoms with E-state index in [0.717, 1.165) is 5.56 Å². The Morgan fingerprint density at radius 2 is 1.90 bits per heavy atom. The van der Waals surface area contributed by atoms with Crippen molar-refractivity contribution in [1.29, 1.82) is 0 Å². The van der Waals surface area contributed by atoms with E-state index in [0.29, 0.717) is 0 Å². The highest BCUT2D eigenvalue weighted by Gasteiger charge is 2.17. The Morgan fingerprint density at radius 3 is 2.50 bits per heavy atom. The van der Waals surface area contributed by atoms with Crippen molar-refractivity contribution in [2.45, 2.75) is 18.7 Å². The molecule has 0 bridgehead atoms. The number of hydrogen-bond donors (Lipinski definition) is 1. The first kappa shape index (κ1) is 16.0. The molecule has 0 aliphatic rings. The summed E-state index contributed by atoms with van der Waals surface area (Å²) in [6, 6.07) is 6.16. The third-order valence-corrected chi connectivity index (χ3v) is 3.63. The molecule has 0 fully saturated rings. The number of amides is 1. The molecule has 1 aromatic carbocycles. The number of rotatable bonds is 5. The van der Waals surface area contributed by atoms with Gasteiger partial charge in [0.1, 0.15) is 6.61 Å². The maximum atomic E-state index is 11.8. The molecule has 0 aliphatic carbocycles. The number of hydrogen-bond acceptors (Lipinski definition) is 4. The number of carbonyl (C=O) groups is 1. The Morgan fingerprint density at radius 1 is 1.25 bits per heavy atom. The third kappa shape index (κ3) is 5.27. The fourth-order valence-corrected chi connectivity index (χ4v) is 2.18. The van der Waals surface area contributed by atoms with Gasteiger partial charge in [-0.15, -0.1) is 0 Å². The van der Waals surface area contributed by atoms with Crippen LogP contribution in [0.4, 0.5) is 4.79 Å². The molecule has 0 heterocycles. The van der Waals surface area contributed by atoms with Crippen molar-refractivity contribution in [3.63, 3.8) is 0 Å². The van der Waals surface area contributed by atoms with E-state index < -0.39 is 16.1 Å². The summed E-state index contributed by atoms with van der Waals surface area (Å²) in [5.74, 6) is 0. The van der Waals surface area contributed by atoms with E-state index in [1.165, 1.54) is 12.1 Å². The highest BCUT2D eigenvalue weighted by molar-refractivity contribution is 7.90. The normalized spacial score (nSPS) is 11.9. The van der Waals surface area contributed by atoms with Gasteiger partial charge in [0.2, 0.25) is 0 Å². The molecular weight excluding hydrogens is 278 g/mol. The van der Waals surface area contributed by atoms with E-state index >= 15 is 0 Å². The zero-order valence-corrected chi connectivity index (χ0v) is 12.2. The minimum atomic E-state index is -3.89. The van der Waals surface area contributed by atoms with Gasteiger partial charge in [-0.25, -0.2) is 17.9 Å². The van der Waals surface area contributed by atoms with Crippen LogP contribution in [0, 0.1) is 6.92 Å². The average molecular weight is 295 g/mol. The summed E-state index contributed by atoms with van der Waals surface area (Å²) in [6.45, 7) is 3.70. The van der Waals surface area contributed by atoms with E-state index in [2.05, 4.69) is 0 Å². The summed E-state index contributed by atoms with van der Waals surface area (Å²) in [5.41, 5.74) is 0.931. The summed E-state index contributed by atoms with van der Waals surface area (Å²) in [7, 11) is -3.89. The molecule has 0 spiro atoms. The Labute approximate surface area is 119 Å². The lowest BCUT2D eigenvalue weighted by molar-refractivity contribution is 0.165. The summed E-state index contributed by atoms with van der Waals surface area (Å²) in [6.07, 6.45) is 5.87. The average Bonchev–Trinajstić information content (AvgIpc) is 2.38. The first-order valence-corrected chi connectivity index (χ1v) is 7.48. The molecule has 20 heavy (non-hydrogen) atoms. The van der Waals surface area contributed by atoms with Crippen molar-refractivity contribution < 1.29 is 17.9 Å². The van der Waals surface area contributed by atoms with Crippen molar-refractivity contribution >= 4 is 16.1 Å². The van der Waals surface area contributed by atoms with Gasteiger partial charge in [0.25, 0.3) is 10.0 Å². The Bertz CT molecular complexity index is 601. The van der Waals surface area contributed by atoms with Crippen LogP contribution in [0.3, 0.4) is 0 Å². The minimum absolute atomic E-state index is 0.000406. The van der Waals surface area contributed by atoms with Crippen LogP contribution in [-0.2, 0) is 14.8 Å². The smallest absolute Gasteiger partial charge is 0.421 e. The van der Waals surface area contributed by atoms with Crippen LogP contribution in [0.15, 0.2) is 53.5 Å². The fraction of sp³-hybridized carbons (Fsp3) is 0.214. The van der Waals surface area contributed by atoms with Gasteiger partial charge in [0.05, 0.1) is 4.90 Å². The molecule has 0 saturated carbocycles. The number of benzene rings is 1. The molecule has 1 aromatic rings. The number of sulfonamides is 1. The second-order valence-electron chi connectivity index (χ2n) is 3.97. The summed E-state index contributed by atoms with van der Waals surface area (Å²) in [4.78, 5) is 11.4. The molecule has 0 atom stereocenters. The third-order valence-electron chi connectivity index (χ3n) is 2.30. The maximum Gasteiger partial charge on any atom is 0.421 e. The Balaban J connectivity index is 2.58. The maximum absolute atomic E-state index is 11.8. The summed E-state index contributed by atoms with van der Waals surface area (Å²) < 4.78 is 30.3. The molecule has 5 nitrogen and oxygen atoms in total. The predicted molar refractivity (Wildman–Crippen MR) is 76.8 cm³/mol.